The van der Waals surface area contributed by atoms with Crippen LogP contribution in [0.25, 0.3) is 24.3 Å². The number of sulfone groups is 1. The van der Waals surface area contributed by atoms with Crippen molar-refractivity contribution < 1.29 is 70.3 Å². The lowest BCUT2D eigenvalue weighted by atomic mass is 9.90. The molecular weight excluding hydrogens is 1710 g/mol. The van der Waals surface area contributed by atoms with Crippen LogP contribution in [0.3, 0.4) is 0 Å². The van der Waals surface area contributed by atoms with Crippen molar-refractivity contribution in [2.45, 2.75) is 91.4 Å². The number of ether oxygens (including phenoxy) is 7. The van der Waals surface area contributed by atoms with Gasteiger partial charge in [0, 0.05) is 121 Å². The largest absolute Gasteiger partial charge is 0.490 e. The fourth-order valence-electron chi connectivity index (χ4n) is 17.0. The summed E-state index contributed by atoms with van der Waals surface area (Å²) in [5.41, 5.74) is 16.6. The Morgan fingerprint density at radius 2 is 0.962 bits per heavy atom. The number of amides is 3. The molecule has 2 fully saturated rings. The maximum absolute atomic E-state index is 13.3. The summed E-state index contributed by atoms with van der Waals surface area (Å²) in [6, 6.07) is 49.6. The number of fused-ring (bicyclic) bond motifs is 2. The lowest BCUT2D eigenvalue weighted by Crippen LogP contribution is -2.53. The number of likely N-dealkylation sites (N-methyl/N-ethyl adjacent to an activating group) is 2. The van der Waals surface area contributed by atoms with Crippen LogP contribution >= 0.6 is 12.2 Å². The normalized spacial score (nSPS) is 19.7. The number of esters is 1. The third kappa shape index (κ3) is 21.3. The lowest BCUT2D eigenvalue weighted by Gasteiger charge is -2.37. The topological polar surface area (TPSA) is 236 Å². The number of Topliss-reactive ketones (excluding diaryl/α,β-unsaturated/α-hetero) is 2. The van der Waals surface area contributed by atoms with Gasteiger partial charge in [0.15, 0.2) is 5.11 Å². The first-order valence-electron chi connectivity index (χ1n) is 44.4. The Morgan fingerprint density at radius 3 is 1.53 bits per heavy atom. The van der Waals surface area contributed by atoms with Gasteiger partial charge in [-0.05, 0) is 307 Å². The number of carbonyl (C=O) groups excluding carboxylic acids is 6. The molecule has 0 aliphatic carbocycles. The van der Waals surface area contributed by atoms with Gasteiger partial charge in [-0.25, -0.2) is 13.2 Å². The number of thiocarbonyl (C=S) groups is 1. The second kappa shape index (κ2) is 41.3. The Hall–Kier alpha value is -14.5. The number of allylic oxidation sites excluding steroid dienone is 21. The van der Waals surface area contributed by atoms with Crippen molar-refractivity contribution >= 4 is 121 Å². The minimum atomic E-state index is -3.87. The van der Waals surface area contributed by atoms with Crippen LogP contribution < -0.4 is 34.1 Å². The third-order valence-corrected chi connectivity index (χ3v) is 26.2. The molecule has 680 valence electrons. The molecule has 133 heavy (non-hydrogen) atoms. The maximum Gasteiger partial charge on any atom is 0.348 e. The zero-order valence-corrected chi connectivity index (χ0v) is 78.3. The summed E-state index contributed by atoms with van der Waals surface area (Å²) >= 11 is 5.19. The first kappa shape index (κ1) is 93.2. The highest BCUT2D eigenvalue weighted by Crippen LogP contribution is 2.42. The van der Waals surface area contributed by atoms with Gasteiger partial charge in [0.1, 0.15) is 80.2 Å². The summed E-state index contributed by atoms with van der Waals surface area (Å²) in [6.07, 6.45) is 37.5. The minimum absolute atomic E-state index is 0.0214. The summed E-state index contributed by atoms with van der Waals surface area (Å²) in [6.45, 7) is 17.6. The van der Waals surface area contributed by atoms with E-state index in [1.165, 1.54) is 75.5 Å². The zero-order chi connectivity index (χ0) is 93.9. The number of hydrazone groups is 1. The molecule has 0 bridgehead atoms. The van der Waals surface area contributed by atoms with Gasteiger partial charge in [0.25, 0.3) is 17.7 Å². The second-order valence-electron chi connectivity index (χ2n) is 33.5. The lowest BCUT2D eigenvalue weighted by molar-refractivity contribution is -0.133. The van der Waals surface area contributed by atoms with Crippen LogP contribution in [0, 0.1) is 0 Å². The van der Waals surface area contributed by atoms with Crippen molar-refractivity contribution in [1.82, 2.24) is 9.80 Å². The molecule has 25 heteroatoms. The number of rotatable bonds is 17. The fourth-order valence-corrected chi connectivity index (χ4v) is 18.9. The Balaban J connectivity index is 0.000000136. The second-order valence-corrected chi connectivity index (χ2v) is 35.7. The number of methoxy groups -OCH3 is 1. The number of hydrogen-bond acceptors (Lipinski definition) is 21. The average molecular weight is 1820 g/mol. The molecule has 11 heterocycles. The monoisotopic (exact) mass is 1820 g/mol. The number of hydrogen-bond donors (Lipinski definition) is 0. The Bertz CT molecular complexity index is 6520. The number of carbonyl (C=O) groups is 6. The van der Waals surface area contributed by atoms with Gasteiger partial charge in [-0.3, -0.25) is 33.8 Å². The fraction of sp³-hybridized carbons (Fsp3) is 0.241. The van der Waals surface area contributed by atoms with Crippen LogP contribution in [-0.4, -0.2) is 153 Å². The van der Waals surface area contributed by atoms with Crippen LogP contribution in [-0.2, 0) is 65.5 Å². The van der Waals surface area contributed by atoms with E-state index in [0.717, 1.165) is 96.2 Å². The molecule has 2 saturated heterocycles. The van der Waals surface area contributed by atoms with Crippen LogP contribution in [0.2, 0.25) is 0 Å². The maximum atomic E-state index is 13.3. The van der Waals surface area contributed by atoms with Crippen molar-refractivity contribution in [1.29, 1.82) is 0 Å². The Kier molecular flexibility index (Phi) is 28.9. The molecule has 0 N–H and O–H groups in total. The Labute approximate surface area is 782 Å². The zero-order valence-electron chi connectivity index (χ0n) is 76.7. The molecule has 11 aliphatic rings. The smallest absolute Gasteiger partial charge is 0.348 e. The molecule has 0 saturated carbocycles. The first-order valence-corrected chi connectivity index (χ1v) is 46.3. The van der Waals surface area contributed by atoms with Crippen molar-refractivity contribution in [3.63, 3.8) is 0 Å². The van der Waals surface area contributed by atoms with Crippen LogP contribution in [0.4, 0.5) is 28.4 Å². The molecule has 0 spiro atoms. The van der Waals surface area contributed by atoms with Crippen molar-refractivity contribution in [3.05, 3.63) is 365 Å². The number of ketones is 2. The van der Waals surface area contributed by atoms with E-state index < -0.39 is 33.4 Å². The van der Waals surface area contributed by atoms with Gasteiger partial charge in [-0.1, -0.05) is 85.0 Å². The van der Waals surface area contributed by atoms with E-state index in [2.05, 4.69) is 75.3 Å². The van der Waals surface area contributed by atoms with Crippen molar-refractivity contribution in [2.24, 2.45) is 5.10 Å². The highest BCUT2D eigenvalue weighted by atomic mass is 32.2. The molecule has 7 aromatic carbocycles. The molecular formula is C108H106N8O15S2. The quantitative estimate of drug-likeness (QED) is 0.0206. The predicted molar refractivity (Wildman–Crippen MR) is 527 cm³/mol. The van der Waals surface area contributed by atoms with E-state index in [9.17, 15) is 37.2 Å². The number of aryl methyl sites for hydroxylation is 2. The molecule has 7 aromatic rings. The number of nitrogens with zero attached hydrogens (tertiary/aromatic N) is 8. The number of piperidine rings is 1. The van der Waals surface area contributed by atoms with Gasteiger partial charge in [0.2, 0.25) is 21.4 Å². The molecule has 23 nitrogen and oxygen atoms in total. The van der Waals surface area contributed by atoms with Crippen molar-refractivity contribution in [3.8, 4) is 11.5 Å². The molecule has 18 rings (SSSR count). The van der Waals surface area contributed by atoms with Crippen LogP contribution in [0.1, 0.15) is 128 Å². The predicted octanol–water partition coefficient (Wildman–Crippen LogP) is 19.6. The van der Waals surface area contributed by atoms with E-state index in [-0.39, 0.29) is 43.3 Å². The minimum Gasteiger partial charge on any atom is -0.490 e. The van der Waals surface area contributed by atoms with E-state index in [0.29, 0.717) is 98.6 Å². The van der Waals surface area contributed by atoms with Gasteiger partial charge in [-0.15, -0.1) is 0 Å². The Morgan fingerprint density at radius 1 is 0.466 bits per heavy atom. The average Bonchev–Trinajstić information content (AvgIpc) is 1.58. The van der Waals surface area contributed by atoms with Gasteiger partial charge in [0.05, 0.1) is 34.0 Å². The SMILES string of the molecule is CC1=C/C(=C2\C(=O)Oc3ccccc3C2=O)C=C(C=Cc2ccc(N3CCCCC3)cc2)O1.CC1=C/C(=C2\C(=O)c3ccccc3S2(=O)=O)C=C(C=Cc2ccc(N(C)C)cc2)O1.CC1=CC(=C2C(=O)N(C)C(=S)N(C)C2=O)C=C(C=Cc2cc3c4c(c2)CCCN4CCC3)O1.CCN(C)c1ccc(C=CC2=C/C(=C3/C(=O)N(c4ccccc4)N=C3C)C=C(C)O2)c(OCCOC)c1. The standard InChI is InChI=1S/C30H33N3O4.C28H25NO4.C26H27N3O3S.C24H21NO4S/c1-6-32(4)26-14-12-23(28(20-26)36-17-16-35-5)13-15-27-19-24(18-21(2)37-27)29-22(3)31-33(30(29)34)25-10-8-7-9-11-25;1-19-17-21(26-27(30)24-7-3-4-8-25(24)33-28(26)31)18-23(32-19)14-11-20-9-12-22(13-10-20)29-15-5-2-6-16-29;1-16-12-20(22-24(30)27(2)26(33)28(3)25(22)31)15-21(32-16)9-8-17-13-18-6-4-10-29-11-5-7-19(14-17)23(18)29;1-16-14-18(24-23(26)21-6-4-5-7-22(21)30(24,27)28)15-20(29-16)13-10-17-8-11-19(12-9-17)25(2)3/h7-15,18-20H,6,16-17H2,1-5H3;3-4,7-14,17-18H,2,5-6,15-16H2,1H3;8-9,12-15H,4-7,10-11H2,1-3H3;4-15H,1-3H3/b15-13?,29-24+;14-11?,26-21+;;13-10?,24-18-. The summed E-state index contributed by atoms with van der Waals surface area (Å²) < 4.78 is 65.9. The highest BCUT2D eigenvalue weighted by Gasteiger charge is 2.42. The molecule has 3 amide bonds. The van der Waals surface area contributed by atoms with E-state index >= 15 is 0 Å². The van der Waals surface area contributed by atoms with Gasteiger partial charge >= 0.3 is 5.97 Å². The summed E-state index contributed by atoms with van der Waals surface area (Å²) in [7, 11) is 6.95. The van der Waals surface area contributed by atoms with Crippen LogP contribution in [0.5, 0.6) is 11.5 Å². The molecule has 0 unspecified atom stereocenters. The van der Waals surface area contributed by atoms with Gasteiger partial charge in [-0.2, -0.15) is 10.1 Å². The van der Waals surface area contributed by atoms with E-state index in [1.54, 1.807) is 120 Å². The summed E-state index contributed by atoms with van der Waals surface area (Å²) in [5.74, 6) is 3.29. The molecule has 11 aliphatic heterocycles. The number of benzene rings is 7. The van der Waals surface area contributed by atoms with E-state index in [4.69, 9.17) is 45.4 Å². The van der Waals surface area contributed by atoms with Gasteiger partial charge < -0.3 is 52.8 Å². The molecule has 0 aromatic heterocycles. The third-order valence-electron chi connectivity index (χ3n) is 23.7. The molecule has 0 atom stereocenters. The number of anilines is 5. The summed E-state index contributed by atoms with van der Waals surface area (Å²) in [4.78, 5) is 89.0. The van der Waals surface area contributed by atoms with Crippen molar-refractivity contribution in [2.75, 3.05) is 113 Å². The summed E-state index contributed by atoms with van der Waals surface area (Å²) in [5, 5.41) is 6.15. The van der Waals surface area contributed by atoms with E-state index in [1.807, 2.05) is 162 Å². The highest BCUT2D eigenvalue weighted by molar-refractivity contribution is 7.97. The molecule has 0 radical (unpaired) electrons. The number of para-hydroxylation sites is 2. The first-order chi connectivity index (χ1) is 64.1. The van der Waals surface area contributed by atoms with Crippen LogP contribution in [0.15, 0.2) is 331 Å².